The molecule has 1 atom stereocenters. The zero-order valence-corrected chi connectivity index (χ0v) is 14.8. The molecule has 4 nitrogen and oxygen atoms in total. The summed E-state index contributed by atoms with van der Waals surface area (Å²) >= 11 is 6.32. The number of thioether (sulfide) groups is 1. The number of hydrogen-bond donors (Lipinski definition) is 1. The molecule has 1 N–H and O–H groups in total. The summed E-state index contributed by atoms with van der Waals surface area (Å²) in [5.41, 5.74) is 0.692. The van der Waals surface area contributed by atoms with Gasteiger partial charge < -0.3 is 0 Å². The molecule has 112 valence electrons. The molecule has 0 amide bonds. The number of nitrogens with zero attached hydrogens (tertiary/aromatic N) is 2. The molecule has 0 unspecified atom stereocenters. The Balaban J connectivity index is 1.70. The number of carbonyl (C=O) groups excluding carboxylic acids is 1. The number of aromatic amines is 1. The van der Waals surface area contributed by atoms with E-state index in [1.807, 2.05) is 48.7 Å². The lowest BCUT2D eigenvalue weighted by Crippen LogP contribution is -2.13. The van der Waals surface area contributed by atoms with Crippen LogP contribution in [0.4, 0.5) is 0 Å². The molecule has 0 radical (unpaired) electrons. The number of benzene rings is 1. The smallest absolute Gasteiger partial charge is 0.209 e. The van der Waals surface area contributed by atoms with Gasteiger partial charge in [-0.15, -0.1) is 16.4 Å². The van der Waals surface area contributed by atoms with Crippen molar-refractivity contribution in [2.45, 2.75) is 17.3 Å². The molecule has 3 aromatic rings. The summed E-state index contributed by atoms with van der Waals surface area (Å²) in [5.74, 6) is 0.806. The van der Waals surface area contributed by atoms with Gasteiger partial charge in [-0.05, 0) is 30.5 Å². The Bertz CT molecular complexity index is 768. The molecule has 7 heteroatoms. The number of ketones is 1. The quantitative estimate of drug-likeness (QED) is 0.505. The van der Waals surface area contributed by atoms with Crippen LogP contribution in [0.2, 0.25) is 0 Å². The lowest BCUT2D eigenvalue weighted by atomic mass is 10.1. The van der Waals surface area contributed by atoms with Crippen LogP contribution in [0.1, 0.15) is 17.3 Å². The van der Waals surface area contributed by atoms with Crippen molar-refractivity contribution in [3.05, 3.63) is 51.8 Å². The number of thiophene rings is 1. The van der Waals surface area contributed by atoms with Crippen molar-refractivity contribution in [2.75, 3.05) is 0 Å². The fraction of sp³-hybridized carbons (Fsp3) is 0.133. The summed E-state index contributed by atoms with van der Waals surface area (Å²) < 4.78 is 0.957. The number of carbonyl (C=O) groups is 1. The van der Waals surface area contributed by atoms with E-state index < -0.39 is 0 Å². The van der Waals surface area contributed by atoms with Crippen LogP contribution in [-0.2, 0) is 0 Å². The van der Waals surface area contributed by atoms with E-state index in [0.717, 1.165) is 15.2 Å². The highest BCUT2D eigenvalue weighted by atomic mass is 79.9. The van der Waals surface area contributed by atoms with Crippen molar-refractivity contribution in [3.63, 3.8) is 0 Å². The molecule has 0 bridgehead atoms. The lowest BCUT2D eigenvalue weighted by Gasteiger charge is -2.07. The second-order valence-corrected chi connectivity index (χ2v) is 7.75. The van der Waals surface area contributed by atoms with Crippen molar-refractivity contribution in [3.8, 4) is 10.7 Å². The average Bonchev–Trinajstić information content (AvgIpc) is 3.18. The molecule has 22 heavy (non-hydrogen) atoms. The van der Waals surface area contributed by atoms with Crippen LogP contribution in [0.3, 0.4) is 0 Å². The van der Waals surface area contributed by atoms with Gasteiger partial charge in [0.2, 0.25) is 5.16 Å². The first-order valence-electron chi connectivity index (χ1n) is 6.56. The van der Waals surface area contributed by atoms with Crippen LogP contribution in [0.25, 0.3) is 10.7 Å². The maximum atomic E-state index is 12.4. The molecular formula is C15H12BrN3OS2. The molecule has 0 aliphatic carbocycles. The number of nitrogens with one attached hydrogen (secondary N) is 1. The maximum absolute atomic E-state index is 12.4. The summed E-state index contributed by atoms with van der Waals surface area (Å²) in [5, 5.41) is 9.42. The van der Waals surface area contributed by atoms with Crippen LogP contribution in [0.15, 0.2) is 51.4 Å². The van der Waals surface area contributed by atoms with Gasteiger partial charge in [0.1, 0.15) is 0 Å². The largest absolute Gasteiger partial charge is 0.293 e. The number of hydrogen-bond acceptors (Lipinski definition) is 5. The molecule has 2 heterocycles. The highest BCUT2D eigenvalue weighted by Crippen LogP contribution is 2.26. The standard InChI is InChI=1S/C15H12BrN3OS2/c1-9(13(20)10-4-6-11(16)7-5-10)22-15-17-14(18-19-15)12-3-2-8-21-12/h2-9H,1H3,(H,17,18,19)/t9-/m0/s1. The summed E-state index contributed by atoms with van der Waals surface area (Å²) in [4.78, 5) is 17.9. The van der Waals surface area contributed by atoms with E-state index >= 15 is 0 Å². The van der Waals surface area contributed by atoms with Crippen LogP contribution < -0.4 is 0 Å². The monoisotopic (exact) mass is 393 g/mol. The van der Waals surface area contributed by atoms with Gasteiger partial charge in [-0.1, -0.05) is 45.9 Å². The van der Waals surface area contributed by atoms with Gasteiger partial charge in [-0.3, -0.25) is 9.89 Å². The third kappa shape index (κ3) is 3.48. The number of aromatic nitrogens is 3. The number of Topliss-reactive ketones (excluding diaryl/α,β-unsaturated/α-hetero) is 1. The fourth-order valence-corrected chi connectivity index (χ4v) is 3.61. The van der Waals surface area contributed by atoms with Gasteiger partial charge in [-0.2, -0.15) is 0 Å². The normalized spacial score (nSPS) is 12.3. The van der Waals surface area contributed by atoms with E-state index in [9.17, 15) is 4.79 Å². The second kappa shape index (κ2) is 6.76. The predicted octanol–water partition coefficient (Wildman–Crippen LogP) is 4.66. The van der Waals surface area contributed by atoms with Gasteiger partial charge in [0.05, 0.1) is 10.1 Å². The Morgan fingerprint density at radius 1 is 1.32 bits per heavy atom. The molecule has 0 aliphatic rings. The molecular weight excluding hydrogens is 382 g/mol. The van der Waals surface area contributed by atoms with Gasteiger partial charge >= 0.3 is 0 Å². The zero-order chi connectivity index (χ0) is 15.5. The Morgan fingerprint density at radius 2 is 2.09 bits per heavy atom. The minimum absolute atomic E-state index is 0.0694. The maximum Gasteiger partial charge on any atom is 0.209 e. The molecule has 0 fully saturated rings. The minimum atomic E-state index is -0.242. The third-order valence-corrected chi connectivity index (χ3v) is 5.37. The zero-order valence-electron chi connectivity index (χ0n) is 11.6. The van der Waals surface area contributed by atoms with Gasteiger partial charge in [0, 0.05) is 10.0 Å². The van der Waals surface area contributed by atoms with Crippen molar-refractivity contribution >= 4 is 44.8 Å². The molecule has 1 aromatic carbocycles. The first-order chi connectivity index (χ1) is 10.6. The minimum Gasteiger partial charge on any atom is -0.293 e. The SMILES string of the molecule is C[C@H](Sc1n[nH]c(-c2cccs2)n1)C(=O)c1ccc(Br)cc1. The van der Waals surface area contributed by atoms with Gasteiger partial charge in [-0.25, -0.2) is 4.98 Å². The van der Waals surface area contributed by atoms with E-state index in [1.165, 1.54) is 11.8 Å². The van der Waals surface area contributed by atoms with E-state index in [-0.39, 0.29) is 11.0 Å². The highest BCUT2D eigenvalue weighted by Gasteiger charge is 2.19. The van der Waals surface area contributed by atoms with Crippen molar-refractivity contribution in [2.24, 2.45) is 0 Å². The van der Waals surface area contributed by atoms with Crippen LogP contribution in [0.5, 0.6) is 0 Å². The summed E-state index contributed by atoms with van der Waals surface area (Å²) in [6.45, 7) is 1.87. The van der Waals surface area contributed by atoms with E-state index in [4.69, 9.17) is 0 Å². The highest BCUT2D eigenvalue weighted by molar-refractivity contribution is 9.10. The van der Waals surface area contributed by atoms with Crippen molar-refractivity contribution in [1.82, 2.24) is 15.2 Å². The second-order valence-electron chi connectivity index (χ2n) is 4.58. The molecule has 0 saturated heterocycles. The predicted molar refractivity (Wildman–Crippen MR) is 93.5 cm³/mol. The Kier molecular flexibility index (Phi) is 4.75. The summed E-state index contributed by atoms with van der Waals surface area (Å²) in [6, 6.07) is 11.3. The molecule has 0 saturated carbocycles. The van der Waals surface area contributed by atoms with Crippen LogP contribution in [0, 0.1) is 0 Å². The number of halogens is 1. The summed E-state index contributed by atoms with van der Waals surface area (Å²) in [7, 11) is 0. The number of H-pyrrole nitrogens is 1. The Morgan fingerprint density at radius 3 is 2.77 bits per heavy atom. The van der Waals surface area contributed by atoms with Crippen molar-refractivity contribution < 1.29 is 4.79 Å². The van der Waals surface area contributed by atoms with Crippen LogP contribution >= 0.6 is 39.0 Å². The average molecular weight is 394 g/mol. The number of rotatable bonds is 5. The first-order valence-corrected chi connectivity index (χ1v) is 9.11. The molecule has 0 spiro atoms. The van der Waals surface area contributed by atoms with Gasteiger partial charge in [0.15, 0.2) is 11.6 Å². The Hall–Kier alpha value is -1.44. The third-order valence-electron chi connectivity index (χ3n) is 3.00. The fourth-order valence-electron chi connectivity index (χ4n) is 1.88. The molecule has 0 aliphatic heterocycles. The van der Waals surface area contributed by atoms with E-state index in [1.54, 1.807) is 11.3 Å². The van der Waals surface area contributed by atoms with Crippen LogP contribution in [-0.4, -0.2) is 26.2 Å². The molecule has 2 aromatic heterocycles. The Labute approximate surface area is 144 Å². The van der Waals surface area contributed by atoms with E-state index in [0.29, 0.717) is 10.7 Å². The van der Waals surface area contributed by atoms with E-state index in [2.05, 4.69) is 31.1 Å². The first kappa shape index (κ1) is 15.5. The topological polar surface area (TPSA) is 58.6 Å². The van der Waals surface area contributed by atoms with Crippen molar-refractivity contribution in [1.29, 1.82) is 0 Å². The molecule has 3 rings (SSSR count). The summed E-state index contributed by atoms with van der Waals surface area (Å²) in [6.07, 6.45) is 0. The lowest BCUT2D eigenvalue weighted by molar-refractivity contribution is 0.0994. The van der Waals surface area contributed by atoms with Gasteiger partial charge in [0.25, 0.3) is 0 Å².